The van der Waals surface area contributed by atoms with Crippen molar-refractivity contribution in [3.8, 4) is 0 Å². The molecule has 0 atom stereocenters. The SMILES string of the molecule is CCc1[nH]nc(C(=O)N2CCC(c3ccccc3)(c3csc(C)n3)CC2)c1C. The van der Waals surface area contributed by atoms with Gasteiger partial charge in [0.1, 0.15) is 0 Å². The number of amides is 1. The number of H-pyrrole nitrogens is 1. The average molecular weight is 395 g/mol. The molecule has 1 amide bonds. The van der Waals surface area contributed by atoms with Crippen molar-refractivity contribution in [3.63, 3.8) is 0 Å². The highest BCUT2D eigenvalue weighted by Crippen LogP contribution is 2.42. The highest BCUT2D eigenvalue weighted by molar-refractivity contribution is 7.09. The van der Waals surface area contributed by atoms with E-state index in [4.69, 9.17) is 4.98 Å². The number of hydrogen-bond acceptors (Lipinski definition) is 4. The minimum Gasteiger partial charge on any atom is -0.337 e. The van der Waals surface area contributed by atoms with E-state index in [-0.39, 0.29) is 11.3 Å². The van der Waals surface area contributed by atoms with Crippen molar-refractivity contribution in [2.45, 2.75) is 45.4 Å². The van der Waals surface area contributed by atoms with Crippen molar-refractivity contribution >= 4 is 17.2 Å². The molecule has 0 unspecified atom stereocenters. The summed E-state index contributed by atoms with van der Waals surface area (Å²) in [5, 5.41) is 10.6. The lowest BCUT2D eigenvalue weighted by Gasteiger charge is -2.41. The highest BCUT2D eigenvalue weighted by Gasteiger charge is 2.41. The van der Waals surface area contributed by atoms with Crippen LogP contribution in [-0.2, 0) is 11.8 Å². The molecule has 0 saturated carbocycles. The fourth-order valence-electron chi connectivity index (χ4n) is 4.26. The molecule has 5 nitrogen and oxygen atoms in total. The molecule has 3 aromatic rings. The van der Waals surface area contributed by atoms with Crippen LogP contribution in [0.5, 0.6) is 0 Å². The van der Waals surface area contributed by atoms with Crippen LogP contribution in [0.3, 0.4) is 0 Å². The van der Waals surface area contributed by atoms with E-state index in [9.17, 15) is 4.79 Å². The Kier molecular flexibility index (Phi) is 5.06. The Labute approximate surface area is 169 Å². The zero-order chi connectivity index (χ0) is 19.7. The van der Waals surface area contributed by atoms with Crippen LogP contribution in [0.1, 0.15) is 57.8 Å². The van der Waals surface area contributed by atoms with Crippen LogP contribution >= 0.6 is 11.3 Å². The molecule has 1 aliphatic rings. The van der Waals surface area contributed by atoms with E-state index < -0.39 is 0 Å². The van der Waals surface area contributed by atoms with Crippen molar-refractivity contribution in [1.82, 2.24) is 20.1 Å². The number of aromatic amines is 1. The van der Waals surface area contributed by atoms with Crippen molar-refractivity contribution in [2.24, 2.45) is 0 Å². The number of aromatic nitrogens is 3. The van der Waals surface area contributed by atoms with Gasteiger partial charge in [0, 0.05) is 35.1 Å². The molecule has 1 N–H and O–H groups in total. The summed E-state index contributed by atoms with van der Waals surface area (Å²) < 4.78 is 0. The number of carbonyl (C=O) groups excluding carboxylic acids is 1. The average Bonchev–Trinajstić information content (AvgIpc) is 3.34. The number of piperidine rings is 1. The lowest BCUT2D eigenvalue weighted by Crippen LogP contribution is -2.46. The minimum atomic E-state index is -0.127. The number of rotatable bonds is 4. The van der Waals surface area contributed by atoms with Crippen LogP contribution in [-0.4, -0.2) is 39.1 Å². The predicted molar refractivity (Wildman–Crippen MR) is 112 cm³/mol. The lowest BCUT2D eigenvalue weighted by molar-refractivity contribution is 0.0677. The lowest BCUT2D eigenvalue weighted by atomic mass is 9.70. The molecule has 6 heteroatoms. The Morgan fingerprint density at radius 1 is 1.21 bits per heavy atom. The third kappa shape index (κ3) is 3.15. The number of hydrogen-bond donors (Lipinski definition) is 1. The second-order valence-corrected chi connectivity index (χ2v) is 8.58. The summed E-state index contributed by atoms with van der Waals surface area (Å²) in [4.78, 5) is 19.9. The molecule has 3 heterocycles. The quantitative estimate of drug-likeness (QED) is 0.719. The summed E-state index contributed by atoms with van der Waals surface area (Å²) in [6, 6.07) is 10.6. The van der Waals surface area contributed by atoms with E-state index in [1.165, 1.54) is 5.56 Å². The molecular weight excluding hydrogens is 368 g/mol. The van der Waals surface area contributed by atoms with Gasteiger partial charge in [-0.3, -0.25) is 9.89 Å². The highest BCUT2D eigenvalue weighted by atomic mass is 32.1. The zero-order valence-electron chi connectivity index (χ0n) is 16.7. The molecule has 1 aromatic carbocycles. The number of likely N-dealkylation sites (tertiary alicyclic amines) is 1. The topological polar surface area (TPSA) is 61.9 Å². The summed E-state index contributed by atoms with van der Waals surface area (Å²) in [7, 11) is 0. The van der Waals surface area contributed by atoms with Gasteiger partial charge in [0.15, 0.2) is 5.69 Å². The van der Waals surface area contributed by atoms with Gasteiger partial charge in [0.05, 0.1) is 10.7 Å². The largest absolute Gasteiger partial charge is 0.337 e. The molecule has 146 valence electrons. The van der Waals surface area contributed by atoms with Gasteiger partial charge in [-0.15, -0.1) is 11.3 Å². The first-order chi connectivity index (χ1) is 13.5. The van der Waals surface area contributed by atoms with Gasteiger partial charge < -0.3 is 4.90 Å². The predicted octanol–water partition coefficient (Wildman–Crippen LogP) is 4.27. The maximum absolute atomic E-state index is 13.1. The fraction of sp³-hybridized carbons (Fsp3) is 0.409. The van der Waals surface area contributed by atoms with Gasteiger partial charge in [-0.2, -0.15) is 5.10 Å². The van der Waals surface area contributed by atoms with Crippen LogP contribution in [0.15, 0.2) is 35.7 Å². The Hall–Kier alpha value is -2.47. The molecular formula is C22H26N4OS. The second kappa shape index (κ2) is 7.51. The van der Waals surface area contributed by atoms with E-state index in [1.807, 2.05) is 17.9 Å². The van der Waals surface area contributed by atoms with E-state index >= 15 is 0 Å². The van der Waals surface area contributed by atoms with Crippen LogP contribution in [0.2, 0.25) is 0 Å². The third-order valence-corrected chi connectivity index (χ3v) is 6.78. The molecule has 0 bridgehead atoms. The van der Waals surface area contributed by atoms with Gasteiger partial charge in [0.2, 0.25) is 0 Å². The number of thiazole rings is 1. The Bertz CT molecular complexity index is 968. The minimum absolute atomic E-state index is 0.0320. The number of aryl methyl sites for hydroxylation is 2. The molecule has 0 spiro atoms. The summed E-state index contributed by atoms with van der Waals surface area (Å²) in [5.41, 5.74) is 4.88. The van der Waals surface area contributed by atoms with E-state index in [0.717, 1.165) is 41.2 Å². The molecule has 4 rings (SSSR count). The molecule has 2 aromatic heterocycles. The normalized spacial score (nSPS) is 16.3. The molecule has 28 heavy (non-hydrogen) atoms. The first kappa shape index (κ1) is 18.9. The molecule has 1 fully saturated rings. The molecule has 0 aliphatic carbocycles. The molecule has 0 radical (unpaired) electrons. The Morgan fingerprint density at radius 3 is 2.50 bits per heavy atom. The van der Waals surface area contributed by atoms with Gasteiger partial charge in [0.25, 0.3) is 5.91 Å². The zero-order valence-corrected chi connectivity index (χ0v) is 17.5. The number of carbonyl (C=O) groups is 1. The van der Waals surface area contributed by atoms with Crippen LogP contribution in [0, 0.1) is 13.8 Å². The number of nitrogens with one attached hydrogen (secondary N) is 1. The van der Waals surface area contributed by atoms with Gasteiger partial charge >= 0.3 is 0 Å². The molecule has 1 aliphatic heterocycles. The summed E-state index contributed by atoms with van der Waals surface area (Å²) in [6.07, 6.45) is 2.60. The van der Waals surface area contributed by atoms with Crippen molar-refractivity contribution in [2.75, 3.05) is 13.1 Å². The number of benzene rings is 1. The monoisotopic (exact) mass is 394 g/mol. The first-order valence-electron chi connectivity index (χ1n) is 9.86. The Morgan fingerprint density at radius 2 is 1.93 bits per heavy atom. The van der Waals surface area contributed by atoms with Crippen molar-refractivity contribution in [3.05, 3.63) is 68.9 Å². The summed E-state index contributed by atoms with van der Waals surface area (Å²) >= 11 is 1.70. The van der Waals surface area contributed by atoms with Crippen LogP contribution in [0.25, 0.3) is 0 Å². The van der Waals surface area contributed by atoms with Gasteiger partial charge in [-0.25, -0.2) is 4.98 Å². The standard InChI is InChI=1S/C22H26N4OS/c1-4-18-15(2)20(25-24-18)21(27)26-12-10-22(11-13-26,17-8-6-5-7-9-17)19-14-28-16(3)23-19/h5-9,14H,4,10-13H2,1-3H3,(H,24,25). The summed E-state index contributed by atoms with van der Waals surface area (Å²) in [5.74, 6) is 0.0320. The summed E-state index contributed by atoms with van der Waals surface area (Å²) in [6.45, 7) is 7.51. The third-order valence-electron chi connectivity index (χ3n) is 6.01. The van der Waals surface area contributed by atoms with Crippen LogP contribution in [0.4, 0.5) is 0 Å². The van der Waals surface area contributed by atoms with Gasteiger partial charge in [-0.05, 0) is 38.7 Å². The fourth-order valence-corrected chi connectivity index (χ4v) is 4.97. The first-order valence-corrected chi connectivity index (χ1v) is 10.7. The second-order valence-electron chi connectivity index (χ2n) is 7.52. The van der Waals surface area contributed by atoms with E-state index in [2.05, 4.69) is 53.7 Å². The van der Waals surface area contributed by atoms with E-state index in [1.54, 1.807) is 11.3 Å². The Balaban J connectivity index is 1.60. The van der Waals surface area contributed by atoms with Gasteiger partial charge in [-0.1, -0.05) is 37.3 Å². The maximum Gasteiger partial charge on any atom is 0.274 e. The van der Waals surface area contributed by atoms with E-state index in [0.29, 0.717) is 18.8 Å². The van der Waals surface area contributed by atoms with Crippen molar-refractivity contribution < 1.29 is 4.79 Å². The smallest absolute Gasteiger partial charge is 0.274 e. The van der Waals surface area contributed by atoms with Crippen molar-refractivity contribution in [1.29, 1.82) is 0 Å². The number of nitrogens with zero attached hydrogens (tertiary/aromatic N) is 3. The maximum atomic E-state index is 13.1. The molecule has 1 saturated heterocycles. The van der Waals surface area contributed by atoms with Crippen LogP contribution < -0.4 is 0 Å².